The zero-order chi connectivity index (χ0) is 71.2. The molecule has 0 unspecified atom stereocenters. The van der Waals surface area contributed by atoms with Gasteiger partial charge in [0.05, 0.1) is 78.3 Å². The van der Waals surface area contributed by atoms with E-state index in [2.05, 4.69) is 419 Å². The second-order valence-corrected chi connectivity index (χ2v) is 28.0. The van der Waals surface area contributed by atoms with E-state index in [1.54, 1.807) is 0 Å². The third kappa shape index (κ3) is 10.5. The number of nitrogens with zero attached hydrogens (tertiary/aromatic N) is 6. The molecule has 504 valence electrons. The molecule has 6 aromatic heterocycles. The van der Waals surface area contributed by atoms with E-state index in [9.17, 15) is 0 Å². The summed E-state index contributed by atoms with van der Waals surface area (Å²) < 4.78 is 9.58. The van der Waals surface area contributed by atoms with Gasteiger partial charge in [0.15, 0.2) is 0 Å². The van der Waals surface area contributed by atoms with Crippen molar-refractivity contribution in [1.29, 1.82) is 0 Å². The Bertz CT molecular complexity index is 6720. The highest BCUT2D eigenvalue weighted by atomic mass is 15.1. The summed E-state index contributed by atoms with van der Waals surface area (Å²) in [5.74, 6) is 0.900. The van der Waals surface area contributed by atoms with E-state index in [0.717, 1.165) is 67.4 Å². The highest BCUT2D eigenvalue weighted by Crippen LogP contribution is 2.44. The zero-order valence-electron chi connectivity index (χ0n) is 58.8. The largest absolute Gasteiger partial charge is 0.309 e. The molecule has 22 rings (SSSR count). The summed E-state index contributed by atoms with van der Waals surface area (Å²) in [5, 5.41) is 14.8. The van der Waals surface area contributed by atoms with Crippen molar-refractivity contribution in [3.63, 3.8) is 0 Å². The molecule has 0 atom stereocenters. The van der Waals surface area contributed by atoms with Gasteiger partial charge in [0.2, 0.25) is 0 Å². The molecule has 22 aromatic rings. The van der Waals surface area contributed by atoms with E-state index in [0.29, 0.717) is 0 Å². The van der Waals surface area contributed by atoms with Gasteiger partial charge in [-0.2, -0.15) is 0 Å². The quantitative estimate of drug-likeness (QED) is 0.137. The lowest BCUT2D eigenvalue weighted by molar-refractivity contribution is 1.08. The van der Waals surface area contributed by atoms with Gasteiger partial charge in [-0.1, -0.05) is 291 Å². The van der Waals surface area contributed by atoms with Crippen molar-refractivity contribution >= 4 is 109 Å². The second kappa shape index (κ2) is 25.7. The monoisotopic (exact) mass is 1370 g/mol. The highest BCUT2D eigenvalue weighted by Gasteiger charge is 2.22. The number of rotatable bonds is 10. The van der Waals surface area contributed by atoms with Crippen molar-refractivity contribution in [2.45, 2.75) is 0 Å². The summed E-state index contributed by atoms with van der Waals surface area (Å²) in [6.45, 7) is 0. The van der Waals surface area contributed by atoms with Crippen LogP contribution in [0.3, 0.4) is 0 Å². The molecule has 0 saturated carbocycles. The van der Waals surface area contributed by atoms with E-state index in [4.69, 9.17) is 9.97 Å². The van der Waals surface area contributed by atoms with E-state index in [1.807, 2.05) is 0 Å². The van der Waals surface area contributed by atoms with Gasteiger partial charge in [-0.25, -0.2) is 9.97 Å². The molecule has 0 radical (unpaired) electrons. The highest BCUT2D eigenvalue weighted by molar-refractivity contribution is 6.16. The first kappa shape index (κ1) is 62.1. The molecule has 0 N–H and O–H groups in total. The van der Waals surface area contributed by atoms with Gasteiger partial charge in [-0.15, -0.1) is 0 Å². The zero-order valence-corrected chi connectivity index (χ0v) is 58.8. The van der Waals surface area contributed by atoms with Crippen molar-refractivity contribution in [3.8, 4) is 90.0 Å². The third-order valence-corrected chi connectivity index (χ3v) is 21.8. The number of pyridine rings is 2. The van der Waals surface area contributed by atoms with E-state index < -0.39 is 0 Å². The van der Waals surface area contributed by atoms with Gasteiger partial charge in [-0.05, 0) is 153 Å². The molecule has 0 aliphatic rings. The summed E-state index contributed by atoms with van der Waals surface area (Å²) in [6, 6.07) is 144. The minimum atomic E-state index is 0.900. The average Bonchev–Trinajstić information content (AvgIpc) is 1.59. The molecule has 6 nitrogen and oxygen atoms in total. The first-order chi connectivity index (χ1) is 53.6. The Balaban J connectivity index is 0.000000138. The maximum Gasteiger partial charge on any atom is 0.138 e. The van der Waals surface area contributed by atoms with Crippen LogP contribution < -0.4 is 0 Å². The SMILES string of the molecule is c1ccc(-c2cc(-c3ccccc3)nc(-n3c4ccccc4c4cc(-c5ccc6c(c5)c5ccccc5n6-c5cccc6ccccc56)ccc43)c2)cc1.c1ccc(-c2cc(-n3c4ccccc4c4cc(-c5ccc6c(c5)c5ccccc5n6-c5cccc6ccccc56)ccc43)cc(-c3ccccc3)n2)cc1. The summed E-state index contributed by atoms with van der Waals surface area (Å²) in [7, 11) is 0. The molecule has 0 saturated heterocycles. The fourth-order valence-electron chi connectivity index (χ4n) is 16.8. The van der Waals surface area contributed by atoms with E-state index in [-0.39, 0.29) is 0 Å². The minimum absolute atomic E-state index is 0.900. The van der Waals surface area contributed by atoms with Gasteiger partial charge in [0, 0.05) is 70.6 Å². The van der Waals surface area contributed by atoms with Gasteiger partial charge in [0.1, 0.15) is 5.82 Å². The first-order valence-electron chi connectivity index (χ1n) is 36.9. The Morgan fingerprint density at radius 3 is 0.861 bits per heavy atom. The number of hydrogen-bond acceptors (Lipinski definition) is 2. The summed E-state index contributed by atoms with van der Waals surface area (Å²) >= 11 is 0. The number of para-hydroxylation sites is 4. The van der Waals surface area contributed by atoms with Crippen molar-refractivity contribution in [3.05, 3.63) is 400 Å². The smallest absolute Gasteiger partial charge is 0.138 e. The van der Waals surface area contributed by atoms with Crippen LogP contribution in [0, 0.1) is 0 Å². The normalized spacial score (nSPS) is 11.7. The number of aromatic nitrogens is 6. The average molecular weight is 1380 g/mol. The third-order valence-electron chi connectivity index (χ3n) is 21.8. The predicted molar refractivity (Wildman–Crippen MR) is 453 cm³/mol. The van der Waals surface area contributed by atoms with Crippen LogP contribution in [0.4, 0.5) is 0 Å². The number of hydrogen-bond donors (Lipinski definition) is 0. The van der Waals surface area contributed by atoms with Crippen molar-refractivity contribution in [2.24, 2.45) is 0 Å². The Kier molecular flexibility index (Phi) is 14.8. The topological polar surface area (TPSA) is 45.5 Å². The number of benzene rings is 16. The summed E-state index contributed by atoms with van der Waals surface area (Å²) in [5.41, 5.74) is 26.1. The summed E-state index contributed by atoms with van der Waals surface area (Å²) in [4.78, 5) is 10.5. The van der Waals surface area contributed by atoms with Gasteiger partial charge in [0.25, 0.3) is 0 Å². The lowest BCUT2D eigenvalue weighted by Gasteiger charge is -2.13. The molecule has 0 spiro atoms. The van der Waals surface area contributed by atoms with Crippen LogP contribution in [-0.4, -0.2) is 28.2 Å². The van der Waals surface area contributed by atoms with Crippen LogP contribution in [0.25, 0.3) is 199 Å². The molecule has 0 bridgehead atoms. The maximum atomic E-state index is 5.32. The van der Waals surface area contributed by atoms with E-state index >= 15 is 0 Å². The number of fused-ring (bicyclic) bond motifs is 14. The molecule has 0 amide bonds. The molecular weight excluding hydrogens is 1310 g/mol. The van der Waals surface area contributed by atoms with Crippen LogP contribution in [0.2, 0.25) is 0 Å². The first-order valence-corrected chi connectivity index (χ1v) is 36.9. The Morgan fingerprint density at radius 2 is 0.454 bits per heavy atom. The van der Waals surface area contributed by atoms with Gasteiger partial charge >= 0.3 is 0 Å². The Labute approximate surface area is 623 Å². The van der Waals surface area contributed by atoms with Gasteiger partial charge in [-0.3, -0.25) is 4.57 Å². The van der Waals surface area contributed by atoms with Crippen molar-refractivity contribution < 1.29 is 0 Å². The van der Waals surface area contributed by atoms with Crippen LogP contribution in [0.15, 0.2) is 400 Å². The van der Waals surface area contributed by atoms with Crippen LogP contribution in [0.1, 0.15) is 0 Å². The van der Waals surface area contributed by atoms with Gasteiger partial charge < -0.3 is 13.7 Å². The standard InChI is InChI=1S/2C51H33N3/c1-3-15-35(16-4-1)45-32-39(33-46(52-45)36-17-5-2-6-18-36)53-48-23-11-9-21-41(48)43-30-37(26-28-50(43)53)38-27-29-51-44(31-38)42-22-10-12-24-49(42)54(51)47-25-13-19-34-14-7-8-20-40(34)47;1-3-14-34(15-4-1)39-32-45(36-17-5-2-6-18-36)52-51(33-39)54-48-24-12-10-22-42(48)44-31-38(27-29-50(44)54)37-26-28-49-43(30-37)41-21-9-11-23-47(41)53(49)46-25-13-19-35-16-7-8-20-40(35)46/h2*1-33H. The van der Waals surface area contributed by atoms with E-state index in [1.165, 1.54) is 131 Å². The molecule has 6 heterocycles. The van der Waals surface area contributed by atoms with Crippen LogP contribution in [-0.2, 0) is 0 Å². The molecule has 6 heteroatoms. The molecule has 0 fully saturated rings. The van der Waals surface area contributed by atoms with Crippen molar-refractivity contribution in [1.82, 2.24) is 28.2 Å². The second-order valence-electron chi connectivity index (χ2n) is 28.0. The Hall–Kier alpha value is -14.5. The molecule has 0 aliphatic heterocycles. The lowest BCUT2D eigenvalue weighted by Crippen LogP contribution is -2.00. The molecule has 16 aromatic carbocycles. The fraction of sp³-hybridized carbons (Fsp3) is 0. The van der Waals surface area contributed by atoms with Crippen LogP contribution in [0.5, 0.6) is 0 Å². The van der Waals surface area contributed by atoms with Crippen LogP contribution >= 0.6 is 0 Å². The Morgan fingerprint density at radius 1 is 0.157 bits per heavy atom. The van der Waals surface area contributed by atoms with Crippen molar-refractivity contribution in [2.75, 3.05) is 0 Å². The molecular formula is C102H66N6. The minimum Gasteiger partial charge on any atom is -0.309 e. The maximum absolute atomic E-state index is 5.32. The molecule has 108 heavy (non-hydrogen) atoms. The lowest BCUT2D eigenvalue weighted by atomic mass is 10.0. The molecule has 0 aliphatic carbocycles. The fourth-order valence-corrected chi connectivity index (χ4v) is 16.8. The summed E-state index contributed by atoms with van der Waals surface area (Å²) in [6.07, 6.45) is 0. The predicted octanol–water partition coefficient (Wildman–Crippen LogP) is 26.9.